The summed E-state index contributed by atoms with van der Waals surface area (Å²) in [7, 11) is -3.20. The molecule has 0 aromatic heterocycles. The second-order valence-electron chi connectivity index (χ2n) is 6.74. The number of carbonyl (C=O) groups is 2. The lowest BCUT2D eigenvalue weighted by molar-refractivity contribution is -0.142. The number of benzene rings is 1. The van der Waals surface area contributed by atoms with Gasteiger partial charge in [0.15, 0.2) is 0 Å². The third-order valence-electron chi connectivity index (χ3n) is 4.38. The van der Waals surface area contributed by atoms with E-state index in [1.165, 1.54) is 0 Å². The maximum atomic E-state index is 12.2. The van der Waals surface area contributed by atoms with Gasteiger partial charge in [0.25, 0.3) is 0 Å². The monoisotopic (exact) mass is 384 g/mol. The summed E-state index contributed by atoms with van der Waals surface area (Å²) in [5, 5.41) is 17.8. The molecule has 3 N–H and O–H groups in total. The van der Waals surface area contributed by atoms with Crippen LogP contribution in [-0.2, 0) is 20.3 Å². The molecule has 1 aromatic rings. The molecule has 0 fully saturated rings. The molecule has 0 saturated carbocycles. The van der Waals surface area contributed by atoms with Gasteiger partial charge in [0, 0.05) is 18.7 Å². The van der Waals surface area contributed by atoms with Crippen LogP contribution in [0, 0.1) is 5.92 Å². The number of carboxylic acids is 2. The van der Waals surface area contributed by atoms with Gasteiger partial charge in [-0.3, -0.25) is 14.2 Å². The standard InChI is InChI=1S/C19H29O6P/c20-18(21)13-7-6-12-17(19(22)23)11-5-2-8-14-26(24,25)15-16-9-3-1-4-10-16/h1,3-4,9-10,17H,2,5-8,11-15H2,(H,20,21)(H,22,23)(H,24,25). The van der Waals surface area contributed by atoms with Crippen molar-refractivity contribution in [3.8, 4) is 0 Å². The molecule has 0 spiro atoms. The molecule has 7 heteroatoms. The first-order valence-electron chi connectivity index (χ1n) is 9.09. The Morgan fingerprint density at radius 1 is 0.923 bits per heavy atom. The third kappa shape index (κ3) is 10.4. The summed E-state index contributed by atoms with van der Waals surface area (Å²) >= 11 is 0. The smallest absolute Gasteiger partial charge is 0.306 e. The molecule has 0 aliphatic carbocycles. The number of hydrogen-bond donors (Lipinski definition) is 3. The fourth-order valence-corrected chi connectivity index (χ4v) is 4.59. The summed E-state index contributed by atoms with van der Waals surface area (Å²) in [5.74, 6) is -2.17. The van der Waals surface area contributed by atoms with E-state index in [9.17, 15) is 24.2 Å². The number of hydrogen-bond acceptors (Lipinski definition) is 3. The molecule has 0 amide bonds. The summed E-state index contributed by atoms with van der Waals surface area (Å²) in [6.45, 7) is 0. The largest absolute Gasteiger partial charge is 0.481 e. The van der Waals surface area contributed by atoms with Crippen LogP contribution in [0.3, 0.4) is 0 Å². The van der Waals surface area contributed by atoms with Crippen molar-refractivity contribution in [3.63, 3.8) is 0 Å². The van der Waals surface area contributed by atoms with Crippen molar-refractivity contribution in [2.24, 2.45) is 5.92 Å². The van der Waals surface area contributed by atoms with E-state index in [2.05, 4.69) is 0 Å². The quantitative estimate of drug-likeness (QED) is 0.324. The van der Waals surface area contributed by atoms with Gasteiger partial charge in [-0.2, -0.15) is 0 Å². The molecule has 26 heavy (non-hydrogen) atoms. The van der Waals surface area contributed by atoms with Crippen LogP contribution in [-0.4, -0.2) is 33.2 Å². The van der Waals surface area contributed by atoms with E-state index in [0.717, 1.165) is 12.0 Å². The van der Waals surface area contributed by atoms with Gasteiger partial charge in [-0.1, -0.05) is 49.6 Å². The molecule has 0 bridgehead atoms. The first kappa shape index (κ1) is 22.4. The van der Waals surface area contributed by atoms with Crippen LogP contribution in [0.15, 0.2) is 30.3 Å². The van der Waals surface area contributed by atoms with Crippen LogP contribution in [0.5, 0.6) is 0 Å². The summed E-state index contributed by atoms with van der Waals surface area (Å²) in [4.78, 5) is 31.8. The third-order valence-corrected chi connectivity index (χ3v) is 6.25. The predicted molar refractivity (Wildman–Crippen MR) is 101 cm³/mol. The van der Waals surface area contributed by atoms with Crippen molar-refractivity contribution < 1.29 is 29.3 Å². The first-order chi connectivity index (χ1) is 12.3. The predicted octanol–water partition coefficient (Wildman–Crippen LogP) is 4.36. The topological polar surface area (TPSA) is 112 Å². The lowest BCUT2D eigenvalue weighted by atomic mass is 9.95. The van der Waals surface area contributed by atoms with E-state index in [1.54, 1.807) is 0 Å². The Bertz CT molecular complexity index is 601. The maximum Gasteiger partial charge on any atom is 0.306 e. The zero-order valence-electron chi connectivity index (χ0n) is 15.0. The number of unbranched alkanes of at least 4 members (excludes halogenated alkanes) is 3. The van der Waals surface area contributed by atoms with Crippen LogP contribution in [0.4, 0.5) is 0 Å². The number of aliphatic carboxylic acids is 2. The van der Waals surface area contributed by atoms with Gasteiger partial charge in [0.2, 0.25) is 7.37 Å². The highest BCUT2D eigenvalue weighted by Crippen LogP contribution is 2.45. The highest BCUT2D eigenvalue weighted by atomic mass is 31.2. The normalized spacial score (nSPS) is 14.5. The highest BCUT2D eigenvalue weighted by Gasteiger charge is 2.19. The minimum Gasteiger partial charge on any atom is -0.481 e. The molecule has 0 aliphatic heterocycles. The van der Waals surface area contributed by atoms with Gasteiger partial charge in [-0.05, 0) is 31.2 Å². The van der Waals surface area contributed by atoms with Crippen molar-refractivity contribution in [1.82, 2.24) is 0 Å². The first-order valence-corrected chi connectivity index (χ1v) is 11.1. The van der Waals surface area contributed by atoms with Crippen molar-refractivity contribution >= 4 is 19.3 Å². The van der Waals surface area contributed by atoms with E-state index in [-0.39, 0.29) is 18.7 Å². The molecule has 0 saturated heterocycles. The highest BCUT2D eigenvalue weighted by molar-refractivity contribution is 7.57. The van der Waals surface area contributed by atoms with Crippen LogP contribution in [0.2, 0.25) is 0 Å². The minimum atomic E-state index is -3.20. The van der Waals surface area contributed by atoms with Crippen molar-refractivity contribution in [1.29, 1.82) is 0 Å². The van der Waals surface area contributed by atoms with Crippen LogP contribution in [0.1, 0.15) is 56.9 Å². The van der Waals surface area contributed by atoms with E-state index in [0.29, 0.717) is 38.5 Å². The van der Waals surface area contributed by atoms with Gasteiger partial charge in [-0.15, -0.1) is 0 Å². The summed E-state index contributed by atoms with van der Waals surface area (Å²) < 4.78 is 12.2. The molecule has 2 atom stereocenters. The molecular formula is C19H29O6P. The van der Waals surface area contributed by atoms with Gasteiger partial charge in [0.05, 0.1) is 5.92 Å². The van der Waals surface area contributed by atoms with Crippen molar-refractivity contribution in [2.45, 2.75) is 57.5 Å². The van der Waals surface area contributed by atoms with E-state index in [4.69, 9.17) is 5.11 Å². The molecule has 1 aromatic carbocycles. The Hall–Kier alpha value is -1.65. The Kier molecular flexibility index (Phi) is 10.2. The average Bonchev–Trinajstić information content (AvgIpc) is 2.56. The molecule has 0 heterocycles. The molecule has 0 aliphatic rings. The lowest BCUT2D eigenvalue weighted by Gasteiger charge is -2.13. The van der Waals surface area contributed by atoms with Crippen LogP contribution < -0.4 is 0 Å². The molecule has 146 valence electrons. The Morgan fingerprint density at radius 2 is 1.54 bits per heavy atom. The second-order valence-corrected chi connectivity index (χ2v) is 9.19. The Labute approximate surface area is 154 Å². The fraction of sp³-hybridized carbons (Fsp3) is 0.579. The van der Waals surface area contributed by atoms with Gasteiger partial charge in [-0.25, -0.2) is 0 Å². The molecule has 0 radical (unpaired) electrons. The second kappa shape index (κ2) is 11.9. The van der Waals surface area contributed by atoms with E-state index in [1.807, 2.05) is 30.3 Å². The van der Waals surface area contributed by atoms with Crippen molar-refractivity contribution in [2.75, 3.05) is 6.16 Å². The zero-order chi connectivity index (χ0) is 19.4. The molecule has 6 nitrogen and oxygen atoms in total. The van der Waals surface area contributed by atoms with Gasteiger partial charge < -0.3 is 15.1 Å². The number of rotatable bonds is 14. The van der Waals surface area contributed by atoms with Crippen LogP contribution >= 0.6 is 7.37 Å². The summed E-state index contributed by atoms with van der Waals surface area (Å²) in [6, 6.07) is 9.23. The molecular weight excluding hydrogens is 355 g/mol. The molecule has 1 rings (SSSR count). The van der Waals surface area contributed by atoms with Crippen LogP contribution in [0.25, 0.3) is 0 Å². The van der Waals surface area contributed by atoms with Gasteiger partial charge >= 0.3 is 11.9 Å². The SMILES string of the molecule is O=C(O)CCCCC(CCCCCP(=O)(O)Cc1ccccc1)C(=O)O. The lowest BCUT2D eigenvalue weighted by Crippen LogP contribution is -2.13. The average molecular weight is 384 g/mol. The summed E-state index contributed by atoms with van der Waals surface area (Å²) in [6.07, 6.45) is 4.60. The minimum absolute atomic E-state index is 0.0690. The van der Waals surface area contributed by atoms with Crippen molar-refractivity contribution in [3.05, 3.63) is 35.9 Å². The molecule has 2 unspecified atom stereocenters. The number of carboxylic acid groups (broad SMARTS) is 2. The maximum absolute atomic E-state index is 12.2. The van der Waals surface area contributed by atoms with Gasteiger partial charge in [0.1, 0.15) is 0 Å². The van der Waals surface area contributed by atoms with E-state index < -0.39 is 25.2 Å². The fourth-order valence-electron chi connectivity index (χ4n) is 2.93. The van der Waals surface area contributed by atoms with E-state index >= 15 is 0 Å². The zero-order valence-corrected chi connectivity index (χ0v) is 15.9. The Morgan fingerprint density at radius 3 is 2.12 bits per heavy atom. The summed E-state index contributed by atoms with van der Waals surface area (Å²) in [5.41, 5.74) is 0.852. The Balaban J connectivity index is 2.23.